The van der Waals surface area contributed by atoms with Crippen LogP contribution in [0.1, 0.15) is 52.6 Å². The standard InChI is InChI=1S/C35H34ClFN6O3/c36-26-5-4-25(29(37)18-26)22-46-34-3-1-2-30(41-34)23-10-15-42(16-11-23)21-33-40-31-19-27(39-35(44)24-8-13-38-14-9-24)6-7-32(31)43(33)20-28-12-17-45-28/h1-9,13-14,18-19,23,28H,10-12,15-17,20-22H2,(H,39,44). The second-order valence-corrected chi connectivity index (χ2v) is 12.2. The lowest BCUT2D eigenvalue weighted by atomic mass is 9.93. The molecule has 5 heterocycles. The van der Waals surface area contributed by atoms with E-state index < -0.39 is 5.82 Å². The molecule has 1 atom stereocenters. The summed E-state index contributed by atoms with van der Waals surface area (Å²) in [4.78, 5) is 28.9. The third kappa shape index (κ3) is 6.89. The third-order valence-electron chi connectivity index (χ3n) is 8.71. The van der Waals surface area contributed by atoms with E-state index in [1.165, 1.54) is 6.07 Å². The zero-order chi connectivity index (χ0) is 31.5. The molecule has 11 heteroatoms. The molecule has 0 bridgehead atoms. The minimum atomic E-state index is -0.391. The maximum atomic E-state index is 14.2. The van der Waals surface area contributed by atoms with Crippen molar-refractivity contribution in [2.75, 3.05) is 25.0 Å². The Balaban J connectivity index is 1.01. The quantitative estimate of drug-likeness (QED) is 0.183. The summed E-state index contributed by atoms with van der Waals surface area (Å²) >= 11 is 5.87. The summed E-state index contributed by atoms with van der Waals surface area (Å²) in [7, 11) is 0. The molecule has 0 radical (unpaired) electrons. The number of halogens is 2. The first-order valence-electron chi connectivity index (χ1n) is 15.6. The lowest BCUT2D eigenvalue weighted by Crippen LogP contribution is -2.35. The molecule has 1 amide bonds. The van der Waals surface area contributed by atoms with Gasteiger partial charge in [-0.15, -0.1) is 0 Å². The second-order valence-electron chi connectivity index (χ2n) is 11.8. The Kier molecular flexibility index (Phi) is 8.91. The number of nitrogens with zero attached hydrogens (tertiary/aromatic N) is 5. The van der Waals surface area contributed by atoms with Crippen LogP contribution in [0.5, 0.6) is 5.88 Å². The molecule has 1 unspecified atom stereocenters. The van der Waals surface area contributed by atoms with E-state index in [0.717, 1.165) is 74.6 Å². The van der Waals surface area contributed by atoms with E-state index in [9.17, 15) is 9.18 Å². The van der Waals surface area contributed by atoms with Gasteiger partial charge in [-0.2, -0.15) is 0 Å². The summed E-state index contributed by atoms with van der Waals surface area (Å²) in [5.41, 5.74) is 4.55. The van der Waals surface area contributed by atoms with Crippen LogP contribution in [0.3, 0.4) is 0 Å². The van der Waals surface area contributed by atoms with Gasteiger partial charge in [0.05, 0.1) is 30.2 Å². The highest BCUT2D eigenvalue weighted by molar-refractivity contribution is 6.30. The number of nitrogens with one attached hydrogen (secondary N) is 1. The lowest BCUT2D eigenvalue weighted by Gasteiger charge is -2.32. The molecular formula is C35H34ClFN6O3. The summed E-state index contributed by atoms with van der Waals surface area (Å²) in [6, 6.07) is 19.6. The highest BCUT2D eigenvalue weighted by Crippen LogP contribution is 2.30. The smallest absolute Gasteiger partial charge is 0.255 e. The number of carbonyl (C=O) groups is 1. The van der Waals surface area contributed by atoms with E-state index in [1.807, 2.05) is 30.3 Å². The van der Waals surface area contributed by atoms with Gasteiger partial charge in [-0.3, -0.25) is 14.7 Å². The van der Waals surface area contributed by atoms with Crippen molar-refractivity contribution in [3.8, 4) is 5.88 Å². The van der Waals surface area contributed by atoms with Crippen molar-refractivity contribution in [1.29, 1.82) is 0 Å². The van der Waals surface area contributed by atoms with Gasteiger partial charge in [0.2, 0.25) is 5.88 Å². The molecule has 9 nitrogen and oxygen atoms in total. The van der Waals surface area contributed by atoms with Crippen LogP contribution in [-0.2, 0) is 24.4 Å². The molecule has 2 saturated heterocycles. The second kappa shape index (κ2) is 13.5. The fourth-order valence-corrected chi connectivity index (χ4v) is 6.20. The van der Waals surface area contributed by atoms with E-state index in [4.69, 9.17) is 31.0 Å². The first-order valence-corrected chi connectivity index (χ1v) is 15.9. The van der Waals surface area contributed by atoms with Crippen molar-refractivity contribution in [3.63, 3.8) is 0 Å². The minimum absolute atomic E-state index is 0.0867. The lowest BCUT2D eigenvalue weighted by molar-refractivity contribution is -0.0592. The van der Waals surface area contributed by atoms with Gasteiger partial charge in [0, 0.05) is 58.5 Å². The van der Waals surface area contributed by atoms with Gasteiger partial charge in [-0.1, -0.05) is 23.7 Å². The SMILES string of the molecule is O=C(Nc1ccc2c(c1)nc(CN1CCC(c3cccc(OCc4ccc(Cl)cc4F)n3)CC1)n2CC1CCO1)c1ccncc1. The number of anilines is 1. The number of fused-ring (bicyclic) bond motifs is 1. The van der Waals surface area contributed by atoms with E-state index >= 15 is 0 Å². The molecule has 5 aromatic rings. The maximum absolute atomic E-state index is 14.2. The van der Waals surface area contributed by atoms with Crippen molar-refractivity contribution >= 4 is 34.2 Å². The molecule has 2 aliphatic rings. The molecule has 0 spiro atoms. The first kappa shape index (κ1) is 30.3. The van der Waals surface area contributed by atoms with Crippen LogP contribution in [0.4, 0.5) is 10.1 Å². The molecule has 2 aromatic carbocycles. The number of likely N-dealkylation sites (tertiary alicyclic amines) is 1. The van der Waals surface area contributed by atoms with E-state index in [2.05, 4.69) is 19.8 Å². The van der Waals surface area contributed by atoms with Crippen LogP contribution in [0, 0.1) is 5.82 Å². The zero-order valence-electron chi connectivity index (χ0n) is 25.2. The third-order valence-corrected chi connectivity index (χ3v) is 8.95. The van der Waals surface area contributed by atoms with E-state index in [0.29, 0.717) is 33.6 Å². The van der Waals surface area contributed by atoms with Crippen LogP contribution in [-0.4, -0.2) is 56.1 Å². The van der Waals surface area contributed by atoms with Crippen molar-refractivity contribution < 1.29 is 18.7 Å². The average molecular weight is 641 g/mol. The number of pyridine rings is 2. The van der Waals surface area contributed by atoms with Gasteiger partial charge < -0.3 is 19.4 Å². The largest absolute Gasteiger partial charge is 0.473 e. The number of aromatic nitrogens is 4. The van der Waals surface area contributed by atoms with Gasteiger partial charge in [0.25, 0.3) is 5.91 Å². The number of hydrogen-bond acceptors (Lipinski definition) is 7. The molecule has 46 heavy (non-hydrogen) atoms. The summed E-state index contributed by atoms with van der Waals surface area (Å²) in [5.74, 6) is 1.20. The number of hydrogen-bond donors (Lipinski definition) is 1. The number of benzene rings is 2. The fraction of sp³-hybridized carbons (Fsp3) is 0.314. The summed E-state index contributed by atoms with van der Waals surface area (Å²) in [6.45, 7) is 4.16. The molecular weight excluding hydrogens is 607 g/mol. The van der Waals surface area contributed by atoms with Gasteiger partial charge >= 0.3 is 0 Å². The molecule has 2 fully saturated rings. The predicted molar refractivity (Wildman–Crippen MR) is 174 cm³/mol. The van der Waals surface area contributed by atoms with Crippen molar-refractivity contribution in [2.24, 2.45) is 0 Å². The van der Waals surface area contributed by atoms with Gasteiger partial charge in [-0.05, 0) is 80.9 Å². The molecule has 2 aliphatic heterocycles. The van der Waals surface area contributed by atoms with Crippen LogP contribution in [0.15, 0.2) is 79.1 Å². The highest BCUT2D eigenvalue weighted by Gasteiger charge is 2.26. The van der Waals surface area contributed by atoms with Crippen LogP contribution in [0.25, 0.3) is 11.0 Å². The Hall–Kier alpha value is -4.38. The number of amides is 1. The van der Waals surface area contributed by atoms with Gasteiger partial charge in [-0.25, -0.2) is 14.4 Å². The molecule has 3 aromatic heterocycles. The zero-order valence-corrected chi connectivity index (χ0v) is 26.0. The topological polar surface area (TPSA) is 94.4 Å². The van der Waals surface area contributed by atoms with Crippen molar-refractivity contribution in [1.82, 2.24) is 24.4 Å². The Morgan fingerprint density at radius 2 is 1.85 bits per heavy atom. The number of imidazole rings is 1. The van der Waals surface area contributed by atoms with E-state index in [-0.39, 0.29) is 18.6 Å². The average Bonchev–Trinajstić information content (AvgIpc) is 3.38. The van der Waals surface area contributed by atoms with Crippen molar-refractivity contribution in [3.05, 3.63) is 113 Å². The molecule has 0 saturated carbocycles. The van der Waals surface area contributed by atoms with Crippen LogP contribution < -0.4 is 10.1 Å². The Labute approximate surface area is 271 Å². The number of rotatable bonds is 10. The Bertz CT molecular complexity index is 1840. The fourth-order valence-electron chi connectivity index (χ4n) is 6.04. The van der Waals surface area contributed by atoms with Crippen LogP contribution in [0.2, 0.25) is 5.02 Å². The monoisotopic (exact) mass is 640 g/mol. The number of piperidine rings is 1. The predicted octanol–water partition coefficient (Wildman–Crippen LogP) is 6.62. The minimum Gasteiger partial charge on any atom is -0.473 e. The molecule has 7 rings (SSSR count). The maximum Gasteiger partial charge on any atom is 0.255 e. The summed E-state index contributed by atoms with van der Waals surface area (Å²) < 4.78 is 28.1. The molecule has 1 N–H and O–H groups in total. The normalized spacial score (nSPS) is 17.1. The van der Waals surface area contributed by atoms with E-state index in [1.54, 1.807) is 42.7 Å². The van der Waals surface area contributed by atoms with Crippen molar-refractivity contribution in [2.45, 2.75) is 51.0 Å². The first-order chi connectivity index (χ1) is 22.5. The van der Waals surface area contributed by atoms with Gasteiger partial charge in [0.1, 0.15) is 18.2 Å². The highest BCUT2D eigenvalue weighted by atomic mass is 35.5. The van der Waals surface area contributed by atoms with Gasteiger partial charge in [0.15, 0.2) is 0 Å². The number of ether oxygens (including phenoxy) is 2. The Morgan fingerprint density at radius 1 is 1.02 bits per heavy atom. The summed E-state index contributed by atoms with van der Waals surface area (Å²) in [6.07, 6.45) is 6.35. The Morgan fingerprint density at radius 3 is 2.61 bits per heavy atom. The number of carbonyl (C=O) groups excluding carboxylic acids is 1. The summed E-state index contributed by atoms with van der Waals surface area (Å²) in [5, 5.41) is 3.34. The molecule has 0 aliphatic carbocycles. The van der Waals surface area contributed by atoms with Crippen LogP contribution >= 0.6 is 11.6 Å². The molecule has 236 valence electrons.